The summed E-state index contributed by atoms with van der Waals surface area (Å²) in [5.41, 5.74) is 0.319. The maximum Gasteiger partial charge on any atom is 0.434 e. The second-order valence-electron chi connectivity index (χ2n) is 3.88. The summed E-state index contributed by atoms with van der Waals surface area (Å²) in [6.45, 7) is 0. The predicted octanol–water partition coefficient (Wildman–Crippen LogP) is 3.79. The van der Waals surface area contributed by atoms with Gasteiger partial charge in [-0.25, -0.2) is 0 Å². The number of halogens is 3. The summed E-state index contributed by atoms with van der Waals surface area (Å²) in [4.78, 5) is 4.77. The number of fused-ring (bicyclic) bond motifs is 1. The maximum absolute atomic E-state index is 12.5. The summed E-state index contributed by atoms with van der Waals surface area (Å²) < 4.78 is 37.5. The van der Waals surface area contributed by atoms with E-state index in [4.69, 9.17) is 0 Å². The van der Waals surface area contributed by atoms with Crippen molar-refractivity contribution in [2.24, 2.45) is 0 Å². The largest absolute Gasteiger partial charge is 0.434 e. The van der Waals surface area contributed by atoms with Crippen molar-refractivity contribution in [3.05, 3.63) is 17.5 Å². The number of aromatic nitrogens is 1. The Labute approximate surface area is 99.2 Å². The minimum Gasteiger partial charge on any atom is -0.250 e. The molecule has 6 heteroatoms. The molecule has 1 saturated heterocycles. The van der Waals surface area contributed by atoms with E-state index in [2.05, 4.69) is 4.98 Å². The van der Waals surface area contributed by atoms with Crippen LogP contribution in [0.1, 0.15) is 23.6 Å². The summed E-state index contributed by atoms with van der Waals surface area (Å²) in [5.74, 6) is 2.52. The van der Waals surface area contributed by atoms with Gasteiger partial charge in [-0.05, 0) is 23.7 Å². The molecule has 2 aliphatic heterocycles. The molecule has 0 aromatic carbocycles. The highest BCUT2D eigenvalue weighted by Gasteiger charge is 2.43. The zero-order chi connectivity index (χ0) is 11.3. The third kappa shape index (κ3) is 1.72. The number of thioether (sulfide) groups is 1. The van der Waals surface area contributed by atoms with Gasteiger partial charge in [0.05, 0.1) is 4.90 Å². The zero-order valence-electron chi connectivity index (χ0n) is 8.17. The summed E-state index contributed by atoms with van der Waals surface area (Å²) in [7, 11) is 0. The first-order valence-corrected chi connectivity index (χ1v) is 6.90. The van der Waals surface area contributed by atoms with Crippen molar-refractivity contribution in [1.29, 1.82) is 0 Å². The number of hydrogen-bond donors (Lipinski definition) is 0. The van der Waals surface area contributed by atoms with Gasteiger partial charge >= 0.3 is 6.18 Å². The van der Waals surface area contributed by atoms with Crippen LogP contribution in [-0.2, 0) is 6.18 Å². The van der Waals surface area contributed by atoms with Crippen LogP contribution in [0.4, 0.5) is 13.2 Å². The number of pyridine rings is 1. The Bertz CT molecular complexity index is 438. The second-order valence-corrected chi connectivity index (χ2v) is 6.05. The van der Waals surface area contributed by atoms with Gasteiger partial charge < -0.3 is 0 Å². The standard InChI is InChI=1S/C10H8F3NS2/c11-10(12,13)9-8-7(16-8)6(3-14-9)5-1-2-15-4-5/h3,5H,1-2,4H2. The van der Waals surface area contributed by atoms with Crippen LogP contribution in [0.2, 0.25) is 0 Å². The first kappa shape index (κ1) is 10.8. The fraction of sp³-hybridized carbons (Fsp3) is 0.500. The van der Waals surface area contributed by atoms with E-state index in [9.17, 15) is 13.2 Å². The van der Waals surface area contributed by atoms with Crippen molar-refractivity contribution in [3.8, 4) is 0 Å². The predicted molar refractivity (Wildman–Crippen MR) is 58.0 cm³/mol. The minimum atomic E-state index is -4.31. The fourth-order valence-corrected chi connectivity index (χ4v) is 4.16. The van der Waals surface area contributed by atoms with E-state index in [0.29, 0.717) is 10.8 Å². The van der Waals surface area contributed by atoms with Crippen LogP contribution >= 0.6 is 23.5 Å². The molecule has 1 aromatic heterocycles. The number of hydrogen-bond acceptors (Lipinski definition) is 3. The summed E-state index contributed by atoms with van der Waals surface area (Å²) in [5, 5.41) is 0. The Kier molecular flexibility index (Phi) is 2.40. The van der Waals surface area contributed by atoms with Crippen molar-refractivity contribution in [3.63, 3.8) is 0 Å². The topological polar surface area (TPSA) is 12.9 Å². The molecule has 3 heterocycles. The molecule has 0 amide bonds. The van der Waals surface area contributed by atoms with E-state index in [-0.39, 0.29) is 0 Å². The van der Waals surface area contributed by atoms with Crippen molar-refractivity contribution in [2.45, 2.75) is 28.3 Å². The van der Waals surface area contributed by atoms with Crippen molar-refractivity contribution < 1.29 is 13.2 Å². The van der Waals surface area contributed by atoms with Crippen molar-refractivity contribution >= 4 is 23.5 Å². The molecule has 2 aliphatic rings. The third-order valence-corrected chi connectivity index (χ3v) is 5.02. The van der Waals surface area contributed by atoms with Crippen molar-refractivity contribution in [2.75, 3.05) is 11.5 Å². The Balaban J connectivity index is 1.96. The molecule has 0 N–H and O–H groups in total. The lowest BCUT2D eigenvalue weighted by atomic mass is 10.0. The molecule has 1 unspecified atom stereocenters. The van der Waals surface area contributed by atoms with Crippen LogP contribution in [0, 0.1) is 0 Å². The van der Waals surface area contributed by atoms with E-state index in [1.165, 1.54) is 18.0 Å². The quantitative estimate of drug-likeness (QED) is 0.727. The molecule has 0 saturated carbocycles. The van der Waals surface area contributed by atoms with Gasteiger partial charge in [-0.1, -0.05) is 11.8 Å². The van der Waals surface area contributed by atoms with E-state index in [1.807, 2.05) is 11.8 Å². The minimum absolute atomic E-state index is 0.349. The van der Waals surface area contributed by atoms with Crippen LogP contribution in [0.5, 0.6) is 0 Å². The fourth-order valence-electron chi connectivity index (χ4n) is 1.95. The van der Waals surface area contributed by atoms with Gasteiger partial charge in [-0.3, -0.25) is 4.98 Å². The smallest absolute Gasteiger partial charge is 0.250 e. The molecule has 0 bridgehead atoms. The van der Waals surface area contributed by atoms with E-state index in [0.717, 1.165) is 28.4 Å². The normalized spacial score (nSPS) is 23.3. The van der Waals surface area contributed by atoms with Crippen LogP contribution < -0.4 is 0 Å². The molecule has 3 rings (SSSR count). The number of nitrogens with zero attached hydrogens (tertiary/aromatic N) is 1. The molecular formula is C10H8F3NS2. The molecule has 86 valence electrons. The average Bonchev–Trinajstić information content (AvgIpc) is 2.81. The molecule has 16 heavy (non-hydrogen) atoms. The highest BCUT2D eigenvalue weighted by atomic mass is 32.2. The average molecular weight is 263 g/mol. The maximum atomic E-state index is 12.5. The van der Waals surface area contributed by atoms with Gasteiger partial charge in [-0.15, -0.1) is 0 Å². The van der Waals surface area contributed by atoms with Gasteiger partial charge in [0.15, 0.2) is 5.69 Å². The summed E-state index contributed by atoms with van der Waals surface area (Å²) >= 11 is 3.09. The lowest BCUT2D eigenvalue weighted by Gasteiger charge is -2.08. The first-order chi connectivity index (χ1) is 7.57. The molecule has 1 fully saturated rings. The van der Waals surface area contributed by atoms with Crippen LogP contribution in [-0.4, -0.2) is 16.5 Å². The molecule has 1 aromatic rings. The van der Waals surface area contributed by atoms with Gasteiger partial charge in [0.1, 0.15) is 0 Å². The van der Waals surface area contributed by atoms with Gasteiger partial charge in [-0.2, -0.15) is 24.9 Å². The van der Waals surface area contributed by atoms with E-state index >= 15 is 0 Å². The van der Waals surface area contributed by atoms with E-state index < -0.39 is 11.9 Å². The lowest BCUT2D eigenvalue weighted by Crippen LogP contribution is -2.08. The second kappa shape index (κ2) is 3.57. The highest BCUT2D eigenvalue weighted by molar-refractivity contribution is 8.05. The first-order valence-electron chi connectivity index (χ1n) is 4.93. The Morgan fingerprint density at radius 2 is 2.12 bits per heavy atom. The molecular weight excluding hydrogens is 255 g/mol. The molecule has 0 radical (unpaired) electrons. The SMILES string of the molecule is FC(F)(F)c1ncc(C2CCSC2)c2c1S2. The molecule has 1 atom stereocenters. The molecule has 0 aliphatic carbocycles. The summed E-state index contributed by atoms with van der Waals surface area (Å²) in [6, 6.07) is 0. The Hall–Kier alpha value is -0.360. The number of rotatable bonds is 1. The molecule has 0 spiro atoms. The van der Waals surface area contributed by atoms with Gasteiger partial charge in [0.2, 0.25) is 0 Å². The van der Waals surface area contributed by atoms with Crippen molar-refractivity contribution in [1.82, 2.24) is 4.98 Å². The van der Waals surface area contributed by atoms with E-state index in [1.54, 1.807) is 0 Å². The third-order valence-electron chi connectivity index (χ3n) is 2.82. The summed E-state index contributed by atoms with van der Waals surface area (Å²) in [6.07, 6.45) is -1.82. The van der Waals surface area contributed by atoms with Gasteiger partial charge in [0, 0.05) is 16.8 Å². The van der Waals surface area contributed by atoms with Gasteiger partial charge in [0.25, 0.3) is 0 Å². The zero-order valence-corrected chi connectivity index (χ0v) is 9.81. The lowest BCUT2D eigenvalue weighted by molar-refractivity contribution is -0.143. The van der Waals surface area contributed by atoms with Crippen LogP contribution in [0.15, 0.2) is 16.0 Å². The monoisotopic (exact) mass is 263 g/mol. The van der Waals surface area contributed by atoms with Crippen LogP contribution in [0.25, 0.3) is 0 Å². The molecule has 1 nitrogen and oxygen atoms in total. The Morgan fingerprint density at radius 1 is 1.31 bits per heavy atom. The number of alkyl halides is 3. The highest BCUT2D eigenvalue weighted by Crippen LogP contribution is 2.57. The van der Waals surface area contributed by atoms with Crippen LogP contribution in [0.3, 0.4) is 0 Å². The Morgan fingerprint density at radius 3 is 2.75 bits per heavy atom.